The molecule has 1 N–H and O–H groups in total. The summed E-state index contributed by atoms with van der Waals surface area (Å²) in [6.45, 7) is 5.52. The highest BCUT2D eigenvalue weighted by atomic mass is 35.5. The number of aromatic nitrogens is 2. The van der Waals surface area contributed by atoms with Gasteiger partial charge in [0.15, 0.2) is 5.76 Å². The quantitative estimate of drug-likeness (QED) is 0.385. The van der Waals surface area contributed by atoms with Gasteiger partial charge in [-0.25, -0.2) is 9.59 Å². The van der Waals surface area contributed by atoms with Gasteiger partial charge >= 0.3 is 11.9 Å². The van der Waals surface area contributed by atoms with Crippen molar-refractivity contribution in [1.29, 1.82) is 0 Å². The molecule has 160 valence electrons. The van der Waals surface area contributed by atoms with E-state index in [0.29, 0.717) is 26.7 Å². The zero-order valence-electron chi connectivity index (χ0n) is 17.0. The zero-order valence-corrected chi connectivity index (χ0v) is 18.6. The van der Waals surface area contributed by atoms with Crippen molar-refractivity contribution in [3.63, 3.8) is 0 Å². The summed E-state index contributed by atoms with van der Waals surface area (Å²) in [5, 5.41) is 14.1. The van der Waals surface area contributed by atoms with Crippen LogP contribution in [0.2, 0.25) is 4.34 Å². The molecule has 0 unspecified atom stereocenters. The third-order valence-corrected chi connectivity index (χ3v) is 5.73. The number of carbonyl (C=O) groups is 2. The fourth-order valence-electron chi connectivity index (χ4n) is 3.25. The minimum Gasteiger partial charge on any atom is -0.478 e. The van der Waals surface area contributed by atoms with E-state index in [4.69, 9.17) is 20.9 Å². The van der Waals surface area contributed by atoms with Gasteiger partial charge in [-0.05, 0) is 51.1 Å². The number of rotatable bonds is 5. The molecule has 1 aromatic carbocycles. The first kappa shape index (κ1) is 21.1. The first-order valence-electron chi connectivity index (χ1n) is 9.42. The zero-order chi connectivity index (χ0) is 22.3. The Labute approximate surface area is 186 Å². The maximum atomic E-state index is 12.9. The van der Waals surface area contributed by atoms with Crippen LogP contribution in [-0.2, 0) is 11.3 Å². The van der Waals surface area contributed by atoms with E-state index in [1.165, 1.54) is 17.4 Å². The minimum absolute atomic E-state index is 0.107. The van der Waals surface area contributed by atoms with Crippen LogP contribution in [0.1, 0.15) is 47.3 Å². The highest BCUT2D eigenvalue weighted by Crippen LogP contribution is 2.32. The van der Waals surface area contributed by atoms with Gasteiger partial charge in [0.2, 0.25) is 0 Å². The fourth-order valence-corrected chi connectivity index (χ4v) is 4.24. The number of fused-ring (bicyclic) bond motifs is 1. The Morgan fingerprint density at radius 1 is 1.23 bits per heavy atom. The van der Waals surface area contributed by atoms with E-state index in [9.17, 15) is 14.7 Å². The molecule has 0 radical (unpaired) electrons. The number of benzene rings is 1. The molecule has 4 rings (SSSR count). The monoisotopic (exact) mass is 458 g/mol. The van der Waals surface area contributed by atoms with Crippen molar-refractivity contribution in [2.45, 2.75) is 32.9 Å². The van der Waals surface area contributed by atoms with Gasteiger partial charge in [-0.2, -0.15) is 0 Å². The summed E-state index contributed by atoms with van der Waals surface area (Å²) in [5.41, 5.74) is 0.803. The number of carbonyl (C=O) groups excluding carboxylic acids is 1. The first-order chi connectivity index (χ1) is 14.6. The first-order valence-corrected chi connectivity index (χ1v) is 10.6. The molecule has 3 aromatic heterocycles. The lowest BCUT2D eigenvalue weighted by Gasteiger charge is -2.20. The van der Waals surface area contributed by atoms with Crippen molar-refractivity contribution in [3.8, 4) is 10.6 Å². The number of hydrogen-bond donors (Lipinski definition) is 1. The fraction of sp³-hybridized carbons (Fsp3) is 0.227. The van der Waals surface area contributed by atoms with E-state index < -0.39 is 17.5 Å². The largest absolute Gasteiger partial charge is 0.478 e. The summed E-state index contributed by atoms with van der Waals surface area (Å²) in [6.07, 6.45) is 0. The summed E-state index contributed by atoms with van der Waals surface area (Å²) in [4.78, 5) is 25.4. The van der Waals surface area contributed by atoms with Crippen LogP contribution in [0, 0.1) is 0 Å². The van der Waals surface area contributed by atoms with Gasteiger partial charge in [-0.3, -0.25) is 0 Å². The van der Waals surface area contributed by atoms with E-state index in [-0.39, 0.29) is 17.8 Å². The molecule has 3 heterocycles. The molecule has 0 aliphatic heterocycles. The minimum atomic E-state index is -1.07. The molecular weight excluding hydrogens is 440 g/mol. The number of esters is 1. The molecule has 31 heavy (non-hydrogen) atoms. The van der Waals surface area contributed by atoms with E-state index >= 15 is 0 Å². The van der Waals surface area contributed by atoms with Gasteiger partial charge in [-0.1, -0.05) is 22.8 Å². The van der Waals surface area contributed by atoms with Crippen LogP contribution in [0.15, 0.2) is 47.0 Å². The number of carboxylic acid groups (broad SMARTS) is 1. The van der Waals surface area contributed by atoms with Gasteiger partial charge in [0, 0.05) is 17.0 Å². The Bertz CT molecular complexity index is 1290. The topological polar surface area (TPSA) is 94.6 Å². The van der Waals surface area contributed by atoms with Gasteiger partial charge in [0.25, 0.3) is 0 Å². The number of thiophene rings is 1. The van der Waals surface area contributed by atoms with Crippen molar-refractivity contribution >= 4 is 45.8 Å². The highest BCUT2D eigenvalue weighted by Gasteiger charge is 2.25. The number of nitrogens with zero attached hydrogens (tertiary/aromatic N) is 2. The number of carboxylic acids is 1. The maximum absolute atomic E-state index is 12.9. The summed E-state index contributed by atoms with van der Waals surface area (Å²) in [7, 11) is 0. The molecule has 0 aliphatic carbocycles. The molecule has 9 heteroatoms. The smallest absolute Gasteiger partial charge is 0.355 e. The van der Waals surface area contributed by atoms with E-state index in [2.05, 4.69) is 5.16 Å². The third-order valence-electron chi connectivity index (χ3n) is 4.48. The van der Waals surface area contributed by atoms with Crippen molar-refractivity contribution in [2.24, 2.45) is 0 Å². The molecule has 0 atom stereocenters. The van der Waals surface area contributed by atoms with Gasteiger partial charge in [-0.15, -0.1) is 11.3 Å². The van der Waals surface area contributed by atoms with Gasteiger partial charge in [0.1, 0.15) is 17.0 Å². The Kier molecular flexibility index (Phi) is 5.36. The molecule has 0 bridgehead atoms. The van der Waals surface area contributed by atoms with Crippen LogP contribution in [0.25, 0.3) is 21.5 Å². The molecular formula is C22H19ClN2O5S. The number of aromatic carboxylic acids is 1. The molecule has 0 saturated carbocycles. The number of hydrogen-bond acceptors (Lipinski definition) is 6. The molecule has 4 aromatic rings. The molecule has 7 nitrogen and oxygen atoms in total. The van der Waals surface area contributed by atoms with Crippen LogP contribution < -0.4 is 0 Å². The molecule has 0 fully saturated rings. The van der Waals surface area contributed by atoms with E-state index in [1.54, 1.807) is 55.7 Å². The van der Waals surface area contributed by atoms with Crippen molar-refractivity contribution in [1.82, 2.24) is 9.72 Å². The second-order valence-electron chi connectivity index (χ2n) is 7.95. The third kappa shape index (κ3) is 4.35. The molecule has 0 aliphatic rings. The average molecular weight is 459 g/mol. The normalized spacial score (nSPS) is 11.7. The van der Waals surface area contributed by atoms with Crippen molar-refractivity contribution < 1.29 is 24.0 Å². The number of halogens is 1. The van der Waals surface area contributed by atoms with Crippen molar-refractivity contribution in [2.75, 3.05) is 0 Å². The van der Waals surface area contributed by atoms with Crippen LogP contribution >= 0.6 is 22.9 Å². The summed E-state index contributed by atoms with van der Waals surface area (Å²) >= 11 is 7.37. The summed E-state index contributed by atoms with van der Waals surface area (Å²) < 4.78 is 13.3. The Hall–Kier alpha value is -3.10. The van der Waals surface area contributed by atoms with Gasteiger partial charge < -0.3 is 18.9 Å². The standard InChI is InChI=1S/C22H19ClN2O5S/c1-22(2,3)29-21(28)16-10-14-13(20(26)27)5-4-6-15(14)25(16)11-12-9-17(30-24-12)18-7-8-19(23)31-18/h4-10H,11H2,1-3H3,(H,26,27). The van der Waals surface area contributed by atoms with Crippen LogP contribution in [0.5, 0.6) is 0 Å². The van der Waals surface area contributed by atoms with Crippen LogP contribution in [0.4, 0.5) is 0 Å². The average Bonchev–Trinajstić information content (AvgIpc) is 3.39. The molecule has 0 spiro atoms. The lowest BCUT2D eigenvalue weighted by Crippen LogP contribution is -2.25. The lowest BCUT2D eigenvalue weighted by molar-refractivity contribution is 0.00584. The predicted molar refractivity (Wildman–Crippen MR) is 118 cm³/mol. The molecule has 0 amide bonds. The Morgan fingerprint density at radius 2 is 2.00 bits per heavy atom. The summed E-state index contributed by atoms with van der Waals surface area (Å²) in [5.74, 6) is -1.06. The van der Waals surface area contributed by atoms with Gasteiger partial charge in [0.05, 0.1) is 21.3 Å². The Balaban J connectivity index is 1.79. The maximum Gasteiger partial charge on any atom is 0.355 e. The predicted octanol–water partition coefficient (Wildman–Crippen LogP) is 5.71. The van der Waals surface area contributed by atoms with Crippen LogP contribution in [0.3, 0.4) is 0 Å². The second-order valence-corrected chi connectivity index (χ2v) is 9.66. The second kappa shape index (κ2) is 7.86. The SMILES string of the molecule is CC(C)(C)OC(=O)c1cc2c(C(=O)O)cccc2n1Cc1cc(-c2ccc(Cl)s2)on1. The number of ether oxygens (including phenoxy) is 1. The van der Waals surface area contributed by atoms with E-state index in [1.807, 2.05) is 6.07 Å². The summed E-state index contributed by atoms with van der Waals surface area (Å²) in [6, 6.07) is 11.8. The lowest BCUT2D eigenvalue weighted by atomic mass is 10.1. The van der Waals surface area contributed by atoms with Crippen molar-refractivity contribution in [3.05, 3.63) is 63.8 Å². The Morgan fingerprint density at radius 3 is 2.65 bits per heavy atom. The highest BCUT2D eigenvalue weighted by molar-refractivity contribution is 7.19. The van der Waals surface area contributed by atoms with Crippen LogP contribution in [-0.4, -0.2) is 32.4 Å². The molecule has 0 saturated heterocycles. The van der Waals surface area contributed by atoms with E-state index in [0.717, 1.165) is 4.88 Å².